The molecule has 1 aromatic carbocycles. The summed E-state index contributed by atoms with van der Waals surface area (Å²) in [5, 5.41) is 0. The minimum Gasteiger partial charge on any atom is -0.495 e. The Morgan fingerprint density at radius 1 is 1.54 bits per heavy atom. The highest BCUT2D eigenvalue weighted by molar-refractivity contribution is 9.10. The van der Waals surface area contributed by atoms with E-state index in [0.29, 0.717) is 0 Å². The molecular formula is C10H14BrNO. The summed E-state index contributed by atoms with van der Waals surface area (Å²) in [7, 11) is 1.67. The van der Waals surface area contributed by atoms with Crippen molar-refractivity contribution in [3.05, 3.63) is 28.2 Å². The predicted molar refractivity (Wildman–Crippen MR) is 58.0 cm³/mol. The fourth-order valence-electron chi connectivity index (χ4n) is 1.29. The largest absolute Gasteiger partial charge is 0.495 e. The molecule has 0 radical (unpaired) electrons. The van der Waals surface area contributed by atoms with E-state index in [4.69, 9.17) is 10.5 Å². The zero-order valence-electron chi connectivity index (χ0n) is 7.88. The van der Waals surface area contributed by atoms with E-state index < -0.39 is 0 Å². The highest BCUT2D eigenvalue weighted by Crippen LogP contribution is 2.29. The lowest BCUT2D eigenvalue weighted by atomic mass is 10.1. The van der Waals surface area contributed by atoms with Gasteiger partial charge in [0.25, 0.3) is 0 Å². The molecule has 0 aromatic heterocycles. The zero-order valence-corrected chi connectivity index (χ0v) is 9.47. The first kappa shape index (κ1) is 10.5. The van der Waals surface area contributed by atoms with E-state index >= 15 is 0 Å². The third-order valence-electron chi connectivity index (χ3n) is 1.79. The van der Waals surface area contributed by atoms with Crippen molar-refractivity contribution in [2.45, 2.75) is 19.4 Å². The maximum Gasteiger partial charge on any atom is 0.136 e. The van der Waals surface area contributed by atoms with Gasteiger partial charge >= 0.3 is 0 Å². The SMILES string of the molecule is COc1c(Br)cccc1C[C@@H](C)N. The van der Waals surface area contributed by atoms with Crippen molar-refractivity contribution in [1.82, 2.24) is 0 Å². The molecule has 0 spiro atoms. The fourth-order valence-corrected chi connectivity index (χ4v) is 1.86. The molecule has 0 aliphatic heterocycles. The van der Waals surface area contributed by atoms with E-state index in [-0.39, 0.29) is 6.04 Å². The molecular weight excluding hydrogens is 230 g/mol. The second kappa shape index (κ2) is 4.63. The van der Waals surface area contributed by atoms with Crippen LogP contribution < -0.4 is 10.5 Å². The molecule has 2 N–H and O–H groups in total. The molecule has 1 aromatic rings. The normalized spacial score (nSPS) is 12.6. The van der Waals surface area contributed by atoms with E-state index in [0.717, 1.165) is 22.2 Å². The number of ether oxygens (including phenoxy) is 1. The number of methoxy groups -OCH3 is 1. The van der Waals surface area contributed by atoms with Gasteiger partial charge < -0.3 is 10.5 Å². The van der Waals surface area contributed by atoms with Crippen LogP contribution in [0.5, 0.6) is 5.75 Å². The molecule has 72 valence electrons. The quantitative estimate of drug-likeness (QED) is 0.885. The van der Waals surface area contributed by atoms with Crippen LogP contribution >= 0.6 is 15.9 Å². The van der Waals surface area contributed by atoms with Gasteiger partial charge in [0.1, 0.15) is 5.75 Å². The van der Waals surface area contributed by atoms with Crippen LogP contribution in [0.25, 0.3) is 0 Å². The van der Waals surface area contributed by atoms with Gasteiger partial charge in [0.15, 0.2) is 0 Å². The Bertz CT molecular complexity index is 286. The summed E-state index contributed by atoms with van der Waals surface area (Å²) in [5.41, 5.74) is 6.87. The number of hydrogen-bond acceptors (Lipinski definition) is 2. The second-order valence-corrected chi connectivity index (χ2v) is 3.97. The molecule has 1 atom stereocenters. The average molecular weight is 244 g/mol. The summed E-state index contributed by atoms with van der Waals surface area (Å²) in [6, 6.07) is 6.14. The average Bonchev–Trinajstić information content (AvgIpc) is 2.03. The van der Waals surface area contributed by atoms with Gasteiger partial charge in [0, 0.05) is 6.04 Å². The summed E-state index contributed by atoms with van der Waals surface area (Å²) in [4.78, 5) is 0. The molecule has 0 heterocycles. The van der Waals surface area contributed by atoms with Gasteiger partial charge in [0.2, 0.25) is 0 Å². The first-order valence-corrected chi connectivity index (χ1v) is 5.01. The Balaban J connectivity index is 2.98. The zero-order chi connectivity index (χ0) is 9.84. The minimum absolute atomic E-state index is 0.156. The second-order valence-electron chi connectivity index (χ2n) is 3.11. The molecule has 1 rings (SSSR count). The van der Waals surface area contributed by atoms with Gasteiger partial charge in [-0.3, -0.25) is 0 Å². The topological polar surface area (TPSA) is 35.2 Å². The van der Waals surface area contributed by atoms with Crippen molar-refractivity contribution in [1.29, 1.82) is 0 Å². The Hall–Kier alpha value is -0.540. The van der Waals surface area contributed by atoms with Gasteiger partial charge in [-0.25, -0.2) is 0 Å². The van der Waals surface area contributed by atoms with Crippen molar-refractivity contribution in [2.75, 3.05) is 7.11 Å². The van der Waals surface area contributed by atoms with Crippen LogP contribution in [-0.4, -0.2) is 13.2 Å². The minimum atomic E-state index is 0.156. The fraction of sp³-hybridized carbons (Fsp3) is 0.400. The van der Waals surface area contributed by atoms with Crippen LogP contribution in [0.4, 0.5) is 0 Å². The van der Waals surface area contributed by atoms with Crippen LogP contribution in [0, 0.1) is 0 Å². The van der Waals surface area contributed by atoms with Crippen LogP contribution in [0.15, 0.2) is 22.7 Å². The monoisotopic (exact) mass is 243 g/mol. The molecule has 0 amide bonds. The molecule has 0 fully saturated rings. The van der Waals surface area contributed by atoms with Crippen molar-refractivity contribution < 1.29 is 4.74 Å². The third-order valence-corrected chi connectivity index (χ3v) is 2.42. The highest BCUT2D eigenvalue weighted by Gasteiger charge is 2.07. The molecule has 0 aliphatic rings. The Morgan fingerprint density at radius 3 is 2.77 bits per heavy atom. The first-order chi connectivity index (χ1) is 6.15. The molecule has 0 bridgehead atoms. The number of halogens is 1. The van der Waals surface area contributed by atoms with Crippen molar-refractivity contribution in [2.24, 2.45) is 5.73 Å². The molecule has 0 saturated heterocycles. The van der Waals surface area contributed by atoms with Crippen molar-refractivity contribution in [3.63, 3.8) is 0 Å². The molecule has 2 nitrogen and oxygen atoms in total. The molecule has 13 heavy (non-hydrogen) atoms. The van der Waals surface area contributed by atoms with Crippen LogP contribution in [0.3, 0.4) is 0 Å². The van der Waals surface area contributed by atoms with Gasteiger partial charge in [-0.05, 0) is 40.9 Å². The number of rotatable bonds is 3. The van der Waals surface area contributed by atoms with Crippen molar-refractivity contribution >= 4 is 15.9 Å². The number of hydrogen-bond donors (Lipinski definition) is 1. The van der Waals surface area contributed by atoms with E-state index in [9.17, 15) is 0 Å². The maximum atomic E-state index is 5.73. The number of para-hydroxylation sites is 1. The van der Waals surface area contributed by atoms with Crippen molar-refractivity contribution in [3.8, 4) is 5.75 Å². The summed E-state index contributed by atoms with van der Waals surface area (Å²) in [6.07, 6.45) is 0.836. The molecule has 0 saturated carbocycles. The van der Waals surface area contributed by atoms with Gasteiger partial charge in [0.05, 0.1) is 11.6 Å². The van der Waals surface area contributed by atoms with Gasteiger partial charge in [-0.15, -0.1) is 0 Å². The summed E-state index contributed by atoms with van der Waals surface area (Å²) >= 11 is 3.43. The molecule has 3 heteroatoms. The third kappa shape index (κ3) is 2.71. The predicted octanol–water partition coefficient (Wildman–Crippen LogP) is 2.35. The van der Waals surface area contributed by atoms with Crippen LogP contribution in [-0.2, 0) is 6.42 Å². The highest BCUT2D eigenvalue weighted by atomic mass is 79.9. The Kier molecular flexibility index (Phi) is 3.75. The van der Waals surface area contributed by atoms with E-state index in [1.807, 2.05) is 25.1 Å². The molecule has 0 unspecified atom stereocenters. The van der Waals surface area contributed by atoms with Crippen LogP contribution in [0.2, 0.25) is 0 Å². The lowest BCUT2D eigenvalue weighted by molar-refractivity contribution is 0.405. The van der Waals surface area contributed by atoms with Gasteiger partial charge in [-0.2, -0.15) is 0 Å². The first-order valence-electron chi connectivity index (χ1n) is 4.22. The number of nitrogens with two attached hydrogens (primary N) is 1. The summed E-state index contributed by atoms with van der Waals surface area (Å²) in [5.74, 6) is 0.889. The van der Waals surface area contributed by atoms with E-state index in [1.54, 1.807) is 7.11 Å². The Morgan fingerprint density at radius 2 is 2.23 bits per heavy atom. The van der Waals surface area contributed by atoms with Gasteiger partial charge in [-0.1, -0.05) is 12.1 Å². The maximum absolute atomic E-state index is 5.73. The smallest absolute Gasteiger partial charge is 0.136 e. The lowest BCUT2D eigenvalue weighted by Crippen LogP contribution is -2.18. The molecule has 0 aliphatic carbocycles. The van der Waals surface area contributed by atoms with E-state index in [1.165, 1.54) is 0 Å². The summed E-state index contributed by atoms with van der Waals surface area (Å²) in [6.45, 7) is 1.99. The Labute approximate surface area is 87.2 Å². The van der Waals surface area contributed by atoms with E-state index in [2.05, 4.69) is 15.9 Å². The van der Waals surface area contributed by atoms with Crippen LogP contribution in [0.1, 0.15) is 12.5 Å². The standard InChI is InChI=1S/C10H14BrNO/c1-7(12)6-8-4-3-5-9(11)10(8)13-2/h3-5,7H,6,12H2,1-2H3/t7-/m1/s1. The summed E-state index contributed by atoms with van der Waals surface area (Å²) < 4.78 is 6.25. The number of benzene rings is 1. The lowest BCUT2D eigenvalue weighted by Gasteiger charge is -2.11.